The van der Waals surface area contributed by atoms with E-state index < -0.39 is 22.6 Å². The van der Waals surface area contributed by atoms with Crippen molar-refractivity contribution in [3.63, 3.8) is 0 Å². The van der Waals surface area contributed by atoms with E-state index in [1.807, 2.05) is 30.3 Å². The van der Waals surface area contributed by atoms with Crippen molar-refractivity contribution in [3.8, 4) is 5.75 Å². The number of nitrogens with one attached hydrogen (secondary N) is 2. The van der Waals surface area contributed by atoms with E-state index in [1.54, 1.807) is 48.0 Å². The van der Waals surface area contributed by atoms with Crippen molar-refractivity contribution < 1.29 is 24.2 Å². The van der Waals surface area contributed by atoms with Gasteiger partial charge in [0.15, 0.2) is 0 Å². The average Bonchev–Trinajstić information content (AvgIpc) is 3.48. The fourth-order valence-corrected chi connectivity index (χ4v) is 9.61. The third-order valence-electron chi connectivity index (χ3n) is 7.55. The predicted molar refractivity (Wildman–Crippen MR) is 147 cm³/mol. The van der Waals surface area contributed by atoms with Gasteiger partial charge in [-0.15, -0.1) is 11.8 Å². The molecule has 3 heterocycles. The molecule has 0 saturated carbocycles. The largest absolute Gasteiger partial charge is 0.497 e. The van der Waals surface area contributed by atoms with E-state index in [2.05, 4.69) is 26.6 Å². The van der Waals surface area contributed by atoms with Crippen LogP contribution in [-0.4, -0.2) is 68.9 Å². The normalized spacial score (nSPS) is 29.8. The van der Waals surface area contributed by atoms with Crippen molar-refractivity contribution in [3.05, 3.63) is 54.6 Å². The maximum absolute atomic E-state index is 13.9. The number of hydrogen-bond acceptors (Lipinski definition) is 6. The summed E-state index contributed by atoms with van der Waals surface area (Å²) in [6.45, 7) is 0.366. The summed E-state index contributed by atoms with van der Waals surface area (Å²) < 4.78 is 4.49. The lowest BCUT2D eigenvalue weighted by Crippen LogP contribution is -2.52. The number of rotatable bonds is 9. The van der Waals surface area contributed by atoms with Gasteiger partial charge in [-0.25, -0.2) is 0 Å². The van der Waals surface area contributed by atoms with Crippen LogP contribution < -0.4 is 15.4 Å². The summed E-state index contributed by atoms with van der Waals surface area (Å²) in [5.41, 5.74) is 1.29. The number of thioether (sulfide) groups is 1. The second-order valence-electron chi connectivity index (χ2n) is 9.70. The number of anilines is 2. The second-order valence-corrected chi connectivity index (χ2v) is 12.4. The molecular weight excluding hydrogens is 558 g/mol. The van der Waals surface area contributed by atoms with E-state index in [0.717, 1.165) is 0 Å². The Balaban J connectivity index is 1.46. The van der Waals surface area contributed by atoms with Crippen LogP contribution in [0.3, 0.4) is 0 Å². The lowest BCUT2D eigenvalue weighted by Gasteiger charge is -2.35. The SMILES string of the molecule is COc1ccc(NC(=O)C2N(CCCCO)C(=O)[C@@H]3[C@H](C(=O)Nc4ccccc4)[C@H]4SC23CC4Br)cc1. The van der Waals surface area contributed by atoms with Gasteiger partial charge in [0.1, 0.15) is 11.8 Å². The number of para-hydroxylation sites is 1. The summed E-state index contributed by atoms with van der Waals surface area (Å²) in [5, 5.41) is 15.2. The number of aliphatic hydroxyl groups excluding tert-OH is 1. The van der Waals surface area contributed by atoms with Crippen LogP contribution >= 0.6 is 27.7 Å². The van der Waals surface area contributed by atoms with Crippen LogP contribution in [0, 0.1) is 11.8 Å². The maximum atomic E-state index is 13.9. The summed E-state index contributed by atoms with van der Waals surface area (Å²) in [6, 6.07) is 15.6. The van der Waals surface area contributed by atoms with E-state index in [1.165, 1.54) is 0 Å². The number of benzene rings is 2. The first-order chi connectivity index (χ1) is 17.9. The first-order valence-corrected chi connectivity index (χ1v) is 14.2. The van der Waals surface area contributed by atoms with Crippen LogP contribution in [0.2, 0.25) is 0 Å². The topological polar surface area (TPSA) is 108 Å². The number of unbranched alkanes of at least 4 members (excludes halogenated alkanes) is 1. The third-order valence-corrected chi connectivity index (χ3v) is 10.8. The van der Waals surface area contributed by atoms with Gasteiger partial charge in [-0.2, -0.15) is 0 Å². The Hall–Kier alpha value is -2.56. The zero-order valence-corrected chi connectivity index (χ0v) is 22.8. The van der Waals surface area contributed by atoms with Crippen LogP contribution in [0.25, 0.3) is 0 Å². The molecule has 3 aliphatic heterocycles. The summed E-state index contributed by atoms with van der Waals surface area (Å²) >= 11 is 5.38. The van der Waals surface area contributed by atoms with Crippen LogP contribution in [-0.2, 0) is 14.4 Å². The van der Waals surface area contributed by atoms with Crippen LogP contribution in [0.4, 0.5) is 11.4 Å². The summed E-state index contributed by atoms with van der Waals surface area (Å²) in [4.78, 5) is 43.0. The minimum absolute atomic E-state index is 0.00162. The Labute approximate surface area is 228 Å². The van der Waals surface area contributed by atoms with Gasteiger partial charge in [-0.05, 0) is 55.7 Å². The van der Waals surface area contributed by atoms with E-state index in [-0.39, 0.29) is 34.4 Å². The quantitative estimate of drug-likeness (QED) is 0.306. The van der Waals surface area contributed by atoms with Gasteiger partial charge >= 0.3 is 0 Å². The van der Waals surface area contributed by atoms with E-state index >= 15 is 0 Å². The molecule has 6 atom stereocenters. The lowest BCUT2D eigenvalue weighted by molar-refractivity contribution is -0.138. The highest BCUT2D eigenvalue weighted by Crippen LogP contribution is 2.67. The molecule has 3 fully saturated rings. The predicted octanol–water partition coefficient (Wildman–Crippen LogP) is 3.51. The van der Waals surface area contributed by atoms with E-state index in [9.17, 15) is 19.5 Å². The van der Waals surface area contributed by atoms with E-state index in [0.29, 0.717) is 42.9 Å². The highest BCUT2D eigenvalue weighted by atomic mass is 79.9. The maximum Gasteiger partial charge on any atom is 0.248 e. The van der Waals surface area contributed by atoms with Gasteiger partial charge < -0.3 is 25.4 Å². The van der Waals surface area contributed by atoms with Gasteiger partial charge in [0.2, 0.25) is 17.7 Å². The number of aliphatic hydroxyl groups is 1. The van der Waals surface area contributed by atoms with E-state index in [4.69, 9.17) is 4.74 Å². The Kier molecular flexibility index (Phi) is 7.51. The fraction of sp³-hybridized carbons (Fsp3) is 0.444. The number of hydrogen-bond donors (Lipinski definition) is 3. The van der Waals surface area contributed by atoms with Gasteiger partial charge in [-0.1, -0.05) is 34.1 Å². The molecule has 2 aromatic carbocycles. The lowest BCUT2D eigenvalue weighted by atomic mass is 9.70. The van der Waals surface area contributed by atoms with Crippen molar-refractivity contribution in [2.75, 3.05) is 30.9 Å². The molecule has 10 heteroatoms. The first-order valence-electron chi connectivity index (χ1n) is 12.4. The molecule has 0 radical (unpaired) electrons. The number of nitrogens with zero attached hydrogens (tertiary/aromatic N) is 1. The molecule has 3 amide bonds. The Morgan fingerprint density at radius 1 is 1.08 bits per heavy atom. The summed E-state index contributed by atoms with van der Waals surface area (Å²) in [7, 11) is 1.58. The number of likely N-dealkylation sites (tertiary alicyclic amines) is 1. The minimum atomic E-state index is -0.727. The molecule has 2 aromatic rings. The van der Waals surface area contributed by atoms with Gasteiger partial charge in [0.25, 0.3) is 0 Å². The standard InChI is InChI=1S/C27H30BrN3O5S/c1-36-18-11-9-17(10-12-18)30-25(34)23-27-15-19(28)22(37-27)20(24(33)29-16-7-3-2-4-8-16)21(27)26(35)31(23)13-5-6-14-32/h2-4,7-12,19-23,32H,5-6,13-15H2,1H3,(H,29,33)(H,30,34)/t19?,20-,21-,22-,23?,27?/m0/s1. The number of amides is 3. The summed E-state index contributed by atoms with van der Waals surface area (Å²) in [6.07, 6.45) is 1.72. The van der Waals surface area contributed by atoms with Crippen molar-refractivity contribution in [1.29, 1.82) is 0 Å². The molecule has 8 nitrogen and oxygen atoms in total. The minimum Gasteiger partial charge on any atom is -0.497 e. The zero-order valence-electron chi connectivity index (χ0n) is 20.4. The Bertz CT molecular complexity index is 1170. The molecule has 1 spiro atoms. The van der Waals surface area contributed by atoms with Crippen molar-refractivity contribution >= 4 is 56.8 Å². The van der Waals surface area contributed by atoms with Crippen LogP contribution in [0.5, 0.6) is 5.75 Å². The molecule has 196 valence electrons. The van der Waals surface area contributed by atoms with Crippen LogP contribution in [0.1, 0.15) is 19.3 Å². The van der Waals surface area contributed by atoms with Crippen molar-refractivity contribution in [1.82, 2.24) is 4.90 Å². The Morgan fingerprint density at radius 3 is 2.43 bits per heavy atom. The number of fused-ring (bicyclic) bond motifs is 1. The molecule has 0 aliphatic carbocycles. The zero-order chi connectivity index (χ0) is 26.2. The fourth-order valence-electron chi connectivity index (χ4n) is 6.00. The molecule has 5 rings (SSSR count). The van der Waals surface area contributed by atoms with Gasteiger partial charge in [-0.3, -0.25) is 14.4 Å². The summed E-state index contributed by atoms with van der Waals surface area (Å²) in [5.74, 6) is -1.09. The average molecular weight is 589 g/mol. The van der Waals surface area contributed by atoms with Gasteiger partial charge in [0.05, 0.1) is 23.7 Å². The first kappa shape index (κ1) is 26.1. The highest BCUT2D eigenvalue weighted by Gasteiger charge is 2.75. The number of ether oxygens (including phenoxy) is 1. The molecule has 3 unspecified atom stereocenters. The number of alkyl halides is 1. The highest BCUT2D eigenvalue weighted by molar-refractivity contribution is 9.09. The monoisotopic (exact) mass is 587 g/mol. The molecule has 2 bridgehead atoms. The smallest absolute Gasteiger partial charge is 0.248 e. The van der Waals surface area contributed by atoms with Crippen molar-refractivity contribution in [2.45, 2.75) is 40.1 Å². The number of carbonyl (C=O) groups excluding carboxylic acids is 3. The number of carbonyl (C=O) groups is 3. The number of halogens is 1. The molecule has 37 heavy (non-hydrogen) atoms. The number of methoxy groups -OCH3 is 1. The molecule has 3 saturated heterocycles. The van der Waals surface area contributed by atoms with Crippen molar-refractivity contribution in [2.24, 2.45) is 11.8 Å². The Morgan fingerprint density at radius 2 is 1.76 bits per heavy atom. The molecule has 0 aromatic heterocycles. The third kappa shape index (κ3) is 4.64. The van der Waals surface area contributed by atoms with Gasteiger partial charge in [0, 0.05) is 34.6 Å². The molecular formula is C27H30BrN3O5S. The van der Waals surface area contributed by atoms with Crippen LogP contribution in [0.15, 0.2) is 54.6 Å². The molecule has 3 N–H and O–H groups in total. The molecule has 3 aliphatic rings. The second kappa shape index (κ2) is 10.7.